The fraction of sp³-hybridized carbons (Fsp3) is 0. The Hall–Kier alpha value is -1.84. The maximum atomic E-state index is 10.7. The van der Waals surface area contributed by atoms with Gasteiger partial charge in [0.1, 0.15) is 0 Å². The predicted octanol–water partition coefficient (Wildman–Crippen LogP) is 1.03. The van der Waals surface area contributed by atoms with E-state index in [2.05, 4.69) is 14.7 Å². The lowest BCUT2D eigenvalue weighted by atomic mass is 10.2. The van der Waals surface area contributed by atoms with Crippen LogP contribution < -0.4 is 5.63 Å². The number of aromatic amines is 1. The van der Waals surface area contributed by atoms with Crippen LogP contribution in [0.5, 0.6) is 0 Å². The first-order valence-corrected chi connectivity index (χ1v) is 3.45. The number of hydrogen-bond donors (Lipinski definition) is 1. The van der Waals surface area contributed by atoms with Gasteiger partial charge in [0.15, 0.2) is 0 Å². The van der Waals surface area contributed by atoms with Crippen molar-refractivity contribution in [3.63, 3.8) is 0 Å². The first-order valence-electron chi connectivity index (χ1n) is 3.45. The van der Waals surface area contributed by atoms with E-state index in [9.17, 15) is 4.79 Å². The highest BCUT2D eigenvalue weighted by Crippen LogP contribution is 2.12. The molecule has 2 heterocycles. The molecule has 4 heteroatoms. The molecule has 0 saturated carbocycles. The molecule has 0 saturated heterocycles. The Bertz CT molecular complexity index is 416. The minimum atomic E-state index is -0.373. The van der Waals surface area contributed by atoms with Crippen molar-refractivity contribution in [2.45, 2.75) is 0 Å². The molecule has 0 aliphatic heterocycles. The summed E-state index contributed by atoms with van der Waals surface area (Å²) in [4.78, 5) is 14.5. The van der Waals surface area contributed by atoms with Crippen molar-refractivity contribution in [3.8, 4) is 11.3 Å². The third-order valence-corrected chi connectivity index (χ3v) is 1.52. The molecule has 0 radical (unpaired) electrons. The minimum absolute atomic E-state index is 0.373. The number of rotatable bonds is 1. The van der Waals surface area contributed by atoms with Crippen LogP contribution in [0.3, 0.4) is 0 Å². The van der Waals surface area contributed by atoms with Crippen LogP contribution in [-0.4, -0.2) is 10.1 Å². The van der Waals surface area contributed by atoms with Gasteiger partial charge in [0, 0.05) is 18.0 Å². The Morgan fingerprint density at radius 3 is 2.67 bits per heavy atom. The van der Waals surface area contributed by atoms with Gasteiger partial charge >= 0.3 is 5.63 Å². The standard InChI is InChI=1S/C8H6N2O2/c11-8-5-7(10-12-8)6-1-3-9-4-2-6/h1-5,10H. The summed E-state index contributed by atoms with van der Waals surface area (Å²) in [6.07, 6.45) is 3.31. The minimum Gasteiger partial charge on any atom is -0.339 e. The van der Waals surface area contributed by atoms with Gasteiger partial charge in [-0.3, -0.25) is 4.98 Å². The number of aromatic nitrogens is 2. The molecule has 0 spiro atoms. The molecule has 0 aliphatic carbocycles. The maximum absolute atomic E-state index is 10.7. The van der Waals surface area contributed by atoms with Gasteiger partial charge in [-0.05, 0) is 12.1 Å². The van der Waals surface area contributed by atoms with Gasteiger partial charge in [-0.25, -0.2) is 9.95 Å². The summed E-state index contributed by atoms with van der Waals surface area (Å²) >= 11 is 0. The SMILES string of the molecule is O=c1cc(-c2ccncc2)[nH]o1. The molecule has 1 N–H and O–H groups in total. The van der Waals surface area contributed by atoms with Gasteiger partial charge in [-0.1, -0.05) is 0 Å². The molecule has 4 nitrogen and oxygen atoms in total. The number of H-pyrrole nitrogens is 1. The second kappa shape index (κ2) is 2.65. The van der Waals surface area contributed by atoms with E-state index >= 15 is 0 Å². The third kappa shape index (κ3) is 1.14. The molecule has 0 aromatic carbocycles. The van der Waals surface area contributed by atoms with Crippen LogP contribution in [0.4, 0.5) is 0 Å². The van der Waals surface area contributed by atoms with Crippen LogP contribution >= 0.6 is 0 Å². The molecule has 2 rings (SSSR count). The Morgan fingerprint density at radius 1 is 1.33 bits per heavy atom. The molecule has 60 valence electrons. The van der Waals surface area contributed by atoms with Crippen molar-refractivity contribution in [1.82, 2.24) is 10.1 Å². The van der Waals surface area contributed by atoms with Crippen molar-refractivity contribution in [3.05, 3.63) is 41.0 Å². The summed E-state index contributed by atoms with van der Waals surface area (Å²) in [6, 6.07) is 4.98. The number of nitrogens with one attached hydrogen (secondary N) is 1. The summed E-state index contributed by atoms with van der Waals surface area (Å²) in [5.74, 6) is 0. The second-order valence-electron chi connectivity index (χ2n) is 2.32. The van der Waals surface area contributed by atoms with Crippen molar-refractivity contribution < 1.29 is 4.52 Å². The quantitative estimate of drug-likeness (QED) is 0.681. The first kappa shape index (κ1) is 6.84. The highest BCUT2D eigenvalue weighted by Gasteiger charge is 1.99. The topological polar surface area (TPSA) is 58.9 Å². The third-order valence-electron chi connectivity index (χ3n) is 1.52. The Labute approximate surface area is 67.8 Å². The van der Waals surface area contributed by atoms with E-state index in [1.54, 1.807) is 24.5 Å². The number of pyridine rings is 1. The maximum Gasteiger partial charge on any atom is 0.357 e. The summed E-state index contributed by atoms with van der Waals surface area (Å²) in [5, 5.41) is 2.51. The predicted molar refractivity (Wildman–Crippen MR) is 42.6 cm³/mol. The normalized spacial score (nSPS) is 10.0. The van der Waals surface area contributed by atoms with E-state index in [0.717, 1.165) is 5.56 Å². The van der Waals surface area contributed by atoms with Gasteiger partial charge in [-0.15, -0.1) is 0 Å². The average Bonchev–Trinajstić information content (AvgIpc) is 2.54. The monoisotopic (exact) mass is 162 g/mol. The Balaban J connectivity index is 2.51. The summed E-state index contributed by atoms with van der Waals surface area (Å²) in [5.41, 5.74) is 1.18. The highest BCUT2D eigenvalue weighted by molar-refractivity contribution is 5.56. The van der Waals surface area contributed by atoms with Crippen LogP contribution in [0.1, 0.15) is 0 Å². The van der Waals surface area contributed by atoms with Crippen molar-refractivity contribution in [2.24, 2.45) is 0 Å². The number of nitrogens with zero attached hydrogens (tertiary/aromatic N) is 1. The molecule has 2 aromatic rings. The lowest BCUT2D eigenvalue weighted by molar-refractivity contribution is 0.394. The second-order valence-corrected chi connectivity index (χ2v) is 2.32. The molecule has 0 bridgehead atoms. The van der Waals surface area contributed by atoms with Gasteiger partial charge in [0.05, 0.1) is 11.8 Å². The van der Waals surface area contributed by atoms with Crippen LogP contribution in [0.15, 0.2) is 39.9 Å². The summed E-state index contributed by atoms with van der Waals surface area (Å²) in [6.45, 7) is 0. The molecule has 0 unspecified atom stereocenters. The molecule has 0 aliphatic rings. The highest BCUT2D eigenvalue weighted by atomic mass is 16.5. The van der Waals surface area contributed by atoms with Crippen molar-refractivity contribution in [2.75, 3.05) is 0 Å². The van der Waals surface area contributed by atoms with E-state index in [1.165, 1.54) is 6.07 Å². The molecule has 0 atom stereocenters. The zero-order valence-electron chi connectivity index (χ0n) is 6.15. The van der Waals surface area contributed by atoms with Crippen LogP contribution in [-0.2, 0) is 0 Å². The van der Waals surface area contributed by atoms with Crippen molar-refractivity contribution in [1.29, 1.82) is 0 Å². The fourth-order valence-corrected chi connectivity index (χ4v) is 0.956. The zero-order valence-corrected chi connectivity index (χ0v) is 6.15. The number of hydrogen-bond acceptors (Lipinski definition) is 3. The largest absolute Gasteiger partial charge is 0.357 e. The summed E-state index contributed by atoms with van der Waals surface area (Å²) < 4.78 is 4.52. The summed E-state index contributed by atoms with van der Waals surface area (Å²) in [7, 11) is 0. The molecule has 0 fully saturated rings. The van der Waals surface area contributed by atoms with Crippen LogP contribution in [0.25, 0.3) is 11.3 Å². The van der Waals surface area contributed by atoms with E-state index in [-0.39, 0.29) is 5.63 Å². The smallest absolute Gasteiger partial charge is 0.339 e. The molecule has 0 amide bonds. The van der Waals surface area contributed by atoms with Crippen LogP contribution in [0, 0.1) is 0 Å². The fourth-order valence-electron chi connectivity index (χ4n) is 0.956. The van der Waals surface area contributed by atoms with E-state index < -0.39 is 0 Å². The van der Waals surface area contributed by atoms with E-state index in [4.69, 9.17) is 0 Å². The van der Waals surface area contributed by atoms with Crippen LogP contribution in [0.2, 0.25) is 0 Å². The molecular formula is C8H6N2O2. The van der Waals surface area contributed by atoms with Crippen molar-refractivity contribution >= 4 is 0 Å². The molecule has 12 heavy (non-hydrogen) atoms. The lowest BCUT2D eigenvalue weighted by Gasteiger charge is -1.91. The van der Waals surface area contributed by atoms with Gasteiger partial charge in [0.2, 0.25) is 0 Å². The molecular weight excluding hydrogens is 156 g/mol. The van der Waals surface area contributed by atoms with Gasteiger partial charge in [0.25, 0.3) is 0 Å². The lowest BCUT2D eigenvalue weighted by Crippen LogP contribution is -1.85. The van der Waals surface area contributed by atoms with Gasteiger partial charge < -0.3 is 4.52 Å². The Kier molecular flexibility index (Phi) is 1.51. The Morgan fingerprint density at radius 2 is 2.08 bits per heavy atom. The van der Waals surface area contributed by atoms with Gasteiger partial charge in [-0.2, -0.15) is 0 Å². The van der Waals surface area contributed by atoms with E-state index in [1.807, 2.05) is 0 Å². The first-order chi connectivity index (χ1) is 5.86. The molecule has 2 aromatic heterocycles. The van der Waals surface area contributed by atoms with E-state index in [0.29, 0.717) is 5.69 Å². The zero-order chi connectivity index (χ0) is 8.39. The average molecular weight is 162 g/mol.